The van der Waals surface area contributed by atoms with Gasteiger partial charge in [-0.25, -0.2) is 4.98 Å². The van der Waals surface area contributed by atoms with Crippen molar-refractivity contribution in [2.75, 3.05) is 0 Å². The standard InChI is InChI=1S/C21H16N4O/c22-12-17-8-6-16(7-9-17)10-19-13-23-15-25(19)14-20-11-21(24-26-20)18-4-2-1-3-5-18/h1-9,11,13,15H,10,14H2. The SMILES string of the molecule is N#Cc1ccc(Cc2cncn2Cc2cc(-c3ccccc3)no2)cc1. The summed E-state index contributed by atoms with van der Waals surface area (Å²) in [5.41, 5.74) is 4.73. The summed E-state index contributed by atoms with van der Waals surface area (Å²) in [6.45, 7) is 0.575. The average molecular weight is 340 g/mol. The first-order chi connectivity index (χ1) is 12.8. The number of hydrogen-bond acceptors (Lipinski definition) is 4. The van der Waals surface area contributed by atoms with E-state index in [-0.39, 0.29) is 0 Å². The molecule has 0 radical (unpaired) electrons. The third-order valence-corrected chi connectivity index (χ3v) is 4.22. The van der Waals surface area contributed by atoms with Crippen molar-refractivity contribution in [1.82, 2.24) is 14.7 Å². The molecule has 0 unspecified atom stereocenters. The van der Waals surface area contributed by atoms with Crippen LogP contribution in [0.3, 0.4) is 0 Å². The molecular weight excluding hydrogens is 324 g/mol. The van der Waals surface area contributed by atoms with Crippen LogP contribution in [0.25, 0.3) is 11.3 Å². The number of nitrogens with zero attached hydrogens (tertiary/aromatic N) is 4. The van der Waals surface area contributed by atoms with Gasteiger partial charge in [0.05, 0.1) is 24.5 Å². The Labute approximate surface area is 151 Å². The maximum atomic E-state index is 8.90. The number of hydrogen-bond donors (Lipinski definition) is 0. The van der Waals surface area contributed by atoms with Gasteiger partial charge in [-0.2, -0.15) is 5.26 Å². The van der Waals surface area contributed by atoms with Gasteiger partial charge in [-0.15, -0.1) is 0 Å². The smallest absolute Gasteiger partial charge is 0.157 e. The molecule has 2 aromatic heterocycles. The second-order valence-corrected chi connectivity index (χ2v) is 6.04. The Hall–Kier alpha value is -3.65. The molecule has 0 aliphatic rings. The van der Waals surface area contributed by atoms with Crippen molar-refractivity contribution in [3.05, 3.63) is 95.8 Å². The lowest BCUT2D eigenvalue weighted by atomic mass is 10.1. The van der Waals surface area contributed by atoms with E-state index in [1.807, 2.05) is 71.4 Å². The first-order valence-corrected chi connectivity index (χ1v) is 8.31. The van der Waals surface area contributed by atoms with Crippen molar-refractivity contribution < 1.29 is 4.52 Å². The minimum atomic E-state index is 0.575. The molecule has 0 aliphatic carbocycles. The highest BCUT2D eigenvalue weighted by atomic mass is 16.5. The van der Waals surface area contributed by atoms with Gasteiger partial charge in [0.15, 0.2) is 5.76 Å². The molecule has 0 atom stereocenters. The first-order valence-electron chi connectivity index (χ1n) is 8.31. The zero-order valence-electron chi connectivity index (χ0n) is 14.0. The van der Waals surface area contributed by atoms with Crippen LogP contribution in [-0.4, -0.2) is 14.7 Å². The van der Waals surface area contributed by atoms with Crippen LogP contribution in [0.4, 0.5) is 0 Å². The third kappa shape index (κ3) is 3.40. The Morgan fingerprint density at radius 1 is 1.04 bits per heavy atom. The van der Waals surface area contributed by atoms with E-state index < -0.39 is 0 Å². The van der Waals surface area contributed by atoms with E-state index in [0.717, 1.165) is 34.7 Å². The molecule has 4 rings (SSSR count). The number of imidazole rings is 1. The summed E-state index contributed by atoms with van der Waals surface area (Å²) in [5, 5.41) is 13.1. The average Bonchev–Trinajstić information content (AvgIpc) is 3.33. The Kier molecular flexibility index (Phi) is 4.31. The molecule has 26 heavy (non-hydrogen) atoms. The van der Waals surface area contributed by atoms with Crippen molar-refractivity contribution in [3.8, 4) is 17.3 Å². The molecule has 2 aromatic carbocycles. The molecule has 5 nitrogen and oxygen atoms in total. The van der Waals surface area contributed by atoms with Crippen LogP contribution >= 0.6 is 0 Å². The second kappa shape index (κ2) is 7.08. The van der Waals surface area contributed by atoms with E-state index in [1.165, 1.54) is 0 Å². The second-order valence-electron chi connectivity index (χ2n) is 6.04. The predicted molar refractivity (Wildman–Crippen MR) is 97.2 cm³/mol. The molecule has 0 saturated heterocycles. The van der Waals surface area contributed by atoms with Crippen molar-refractivity contribution in [1.29, 1.82) is 5.26 Å². The Bertz CT molecular complexity index is 1040. The van der Waals surface area contributed by atoms with Crippen LogP contribution in [0, 0.1) is 11.3 Å². The highest BCUT2D eigenvalue weighted by molar-refractivity contribution is 5.58. The molecule has 0 fully saturated rings. The van der Waals surface area contributed by atoms with Crippen molar-refractivity contribution in [3.63, 3.8) is 0 Å². The normalized spacial score (nSPS) is 10.6. The van der Waals surface area contributed by atoms with Gasteiger partial charge in [0.25, 0.3) is 0 Å². The maximum Gasteiger partial charge on any atom is 0.157 e. The highest BCUT2D eigenvalue weighted by Gasteiger charge is 2.10. The highest BCUT2D eigenvalue weighted by Crippen LogP contribution is 2.20. The van der Waals surface area contributed by atoms with Crippen molar-refractivity contribution in [2.45, 2.75) is 13.0 Å². The van der Waals surface area contributed by atoms with E-state index in [1.54, 1.807) is 6.33 Å². The fourth-order valence-electron chi connectivity index (χ4n) is 2.84. The third-order valence-electron chi connectivity index (χ3n) is 4.22. The van der Waals surface area contributed by atoms with E-state index in [2.05, 4.69) is 16.2 Å². The minimum Gasteiger partial charge on any atom is -0.359 e. The van der Waals surface area contributed by atoms with Gasteiger partial charge in [0, 0.05) is 29.9 Å². The Morgan fingerprint density at radius 2 is 1.85 bits per heavy atom. The molecule has 2 heterocycles. The van der Waals surface area contributed by atoms with Gasteiger partial charge >= 0.3 is 0 Å². The Balaban J connectivity index is 1.50. The summed E-state index contributed by atoms with van der Waals surface area (Å²) >= 11 is 0. The first kappa shape index (κ1) is 15.9. The predicted octanol–water partition coefficient (Wildman–Crippen LogP) is 4.05. The minimum absolute atomic E-state index is 0.575. The summed E-state index contributed by atoms with van der Waals surface area (Å²) in [4.78, 5) is 4.26. The van der Waals surface area contributed by atoms with Crippen LogP contribution in [0.2, 0.25) is 0 Å². The monoisotopic (exact) mass is 340 g/mol. The molecular formula is C21H16N4O. The summed E-state index contributed by atoms with van der Waals surface area (Å²) in [6.07, 6.45) is 4.39. The lowest BCUT2D eigenvalue weighted by Crippen LogP contribution is -2.03. The van der Waals surface area contributed by atoms with Crippen LogP contribution in [0.1, 0.15) is 22.6 Å². The lowest BCUT2D eigenvalue weighted by molar-refractivity contribution is 0.377. The molecule has 5 heteroatoms. The van der Waals surface area contributed by atoms with Gasteiger partial charge in [0.2, 0.25) is 0 Å². The maximum absolute atomic E-state index is 8.90. The molecule has 0 amide bonds. The lowest BCUT2D eigenvalue weighted by Gasteiger charge is -2.06. The molecule has 0 spiro atoms. The van der Waals surface area contributed by atoms with Gasteiger partial charge < -0.3 is 9.09 Å². The van der Waals surface area contributed by atoms with Crippen LogP contribution in [-0.2, 0) is 13.0 Å². The van der Waals surface area contributed by atoms with Crippen molar-refractivity contribution >= 4 is 0 Å². The van der Waals surface area contributed by atoms with Gasteiger partial charge in [-0.05, 0) is 17.7 Å². The molecule has 0 bridgehead atoms. The molecule has 0 aliphatic heterocycles. The Morgan fingerprint density at radius 3 is 2.62 bits per heavy atom. The zero-order chi connectivity index (χ0) is 17.8. The number of benzene rings is 2. The fraction of sp³-hybridized carbons (Fsp3) is 0.0952. The number of nitriles is 1. The van der Waals surface area contributed by atoms with Gasteiger partial charge in [0.1, 0.15) is 5.69 Å². The largest absolute Gasteiger partial charge is 0.359 e. The zero-order valence-corrected chi connectivity index (χ0v) is 14.0. The topological polar surface area (TPSA) is 67.6 Å². The van der Waals surface area contributed by atoms with Crippen LogP contribution < -0.4 is 0 Å². The summed E-state index contributed by atoms with van der Waals surface area (Å²) in [5.74, 6) is 0.780. The van der Waals surface area contributed by atoms with Gasteiger partial charge in [-0.3, -0.25) is 0 Å². The van der Waals surface area contributed by atoms with E-state index in [9.17, 15) is 0 Å². The van der Waals surface area contributed by atoms with E-state index in [4.69, 9.17) is 9.78 Å². The van der Waals surface area contributed by atoms with E-state index in [0.29, 0.717) is 12.1 Å². The molecule has 0 saturated carbocycles. The summed E-state index contributed by atoms with van der Waals surface area (Å²) in [6, 6.07) is 21.7. The van der Waals surface area contributed by atoms with E-state index >= 15 is 0 Å². The molecule has 4 aromatic rings. The number of rotatable bonds is 5. The molecule has 0 N–H and O–H groups in total. The number of aromatic nitrogens is 3. The van der Waals surface area contributed by atoms with Gasteiger partial charge in [-0.1, -0.05) is 47.6 Å². The van der Waals surface area contributed by atoms with Crippen molar-refractivity contribution in [2.24, 2.45) is 0 Å². The summed E-state index contributed by atoms with van der Waals surface area (Å²) < 4.78 is 7.54. The van der Waals surface area contributed by atoms with Crippen LogP contribution in [0.5, 0.6) is 0 Å². The summed E-state index contributed by atoms with van der Waals surface area (Å²) in [7, 11) is 0. The van der Waals surface area contributed by atoms with Crippen LogP contribution in [0.15, 0.2) is 77.7 Å². The fourth-order valence-corrected chi connectivity index (χ4v) is 2.84. The molecule has 126 valence electrons. The quantitative estimate of drug-likeness (QED) is 0.550.